The number of hydrogen-bond donors (Lipinski definition) is 0. The first-order chi connectivity index (χ1) is 21.8. The van der Waals surface area contributed by atoms with Crippen molar-refractivity contribution in [2.45, 2.75) is 82.5 Å². The largest absolute Gasteiger partial charge is 0.438 e. The van der Waals surface area contributed by atoms with E-state index in [0.717, 1.165) is 58.3 Å². The molecular formula is C40H42N3OSi+. The maximum atomic E-state index is 6.25. The van der Waals surface area contributed by atoms with Crippen LogP contribution in [0.25, 0.3) is 33.3 Å². The van der Waals surface area contributed by atoms with Gasteiger partial charge in [-0.15, -0.1) is 0 Å². The highest BCUT2D eigenvalue weighted by atomic mass is 28.3. The lowest BCUT2D eigenvalue weighted by Crippen LogP contribution is -2.54. The number of benzene rings is 2. The third kappa shape index (κ3) is 4.75. The van der Waals surface area contributed by atoms with Crippen molar-refractivity contribution in [1.82, 2.24) is 4.98 Å². The van der Waals surface area contributed by atoms with Crippen molar-refractivity contribution in [1.29, 1.82) is 0 Å². The van der Waals surface area contributed by atoms with Crippen molar-refractivity contribution >= 4 is 41.0 Å². The van der Waals surface area contributed by atoms with Gasteiger partial charge in [0.2, 0.25) is 11.4 Å². The first kappa shape index (κ1) is 28.4. The Balaban J connectivity index is 1.31. The lowest BCUT2D eigenvalue weighted by Gasteiger charge is -2.33. The maximum absolute atomic E-state index is 6.25. The Morgan fingerprint density at radius 2 is 1.69 bits per heavy atom. The van der Waals surface area contributed by atoms with Gasteiger partial charge in [-0.2, -0.15) is 4.57 Å². The van der Waals surface area contributed by atoms with Gasteiger partial charge >= 0.3 is 0 Å². The molecular weight excluding hydrogens is 567 g/mol. The van der Waals surface area contributed by atoms with Gasteiger partial charge in [-0.3, -0.25) is 4.99 Å². The van der Waals surface area contributed by atoms with E-state index in [2.05, 4.69) is 86.0 Å². The van der Waals surface area contributed by atoms with Crippen molar-refractivity contribution in [3.63, 3.8) is 0 Å². The van der Waals surface area contributed by atoms with Crippen molar-refractivity contribution in [2.75, 3.05) is 0 Å². The molecule has 8 rings (SSSR count). The molecule has 3 aliphatic rings. The topological polar surface area (TPSA) is 42.3 Å². The molecule has 2 aromatic carbocycles. The summed E-state index contributed by atoms with van der Waals surface area (Å²) >= 11 is 0. The number of aliphatic imine (C=N–C) groups is 1. The van der Waals surface area contributed by atoms with Gasteiger partial charge in [0, 0.05) is 44.8 Å². The molecule has 4 nitrogen and oxygen atoms in total. The molecule has 2 unspecified atom stereocenters. The molecule has 5 heteroatoms. The zero-order valence-electron chi connectivity index (χ0n) is 26.8. The number of fused-ring (bicyclic) bond motifs is 10. The van der Waals surface area contributed by atoms with Gasteiger partial charge in [0.15, 0.2) is 12.2 Å². The molecule has 0 saturated heterocycles. The Labute approximate surface area is 267 Å². The number of para-hydroxylation sites is 1. The summed E-state index contributed by atoms with van der Waals surface area (Å²) in [5.41, 5.74) is 11.1. The van der Waals surface area contributed by atoms with Gasteiger partial charge in [0.25, 0.3) is 0 Å². The van der Waals surface area contributed by atoms with E-state index in [1.165, 1.54) is 42.5 Å². The van der Waals surface area contributed by atoms with Crippen LogP contribution in [0.2, 0.25) is 19.6 Å². The Morgan fingerprint density at radius 3 is 2.49 bits per heavy atom. The highest BCUT2D eigenvalue weighted by molar-refractivity contribution is 6.89. The van der Waals surface area contributed by atoms with Gasteiger partial charge in [0.05, 0.1) is 25.9 Å². The standard InChI is InChI=1S/C40H42N3OSi/c1-6-34-33-22-32-30-17-11-12-18-38(30)44-40(32)42-35(33)20-19-29-27-15-9-10-16-28(27)37-23-31(26-13-7-8-14-26)39(45(3,4)5)24-43(37)36(29)21-25(2)41-34/h6,9-12,15-18,22-24,26,29,36H,1-2,7-8,13-14,19-21H2,3-5H3/q+1. The van der Waals surface area contributed by atoms with Crippen LogP contribution in [0.15, 0.2) is 101 Å². The average molecular weight is 609 g/mol. The minimum atomic E-state index is -1.62. The van der Waals surface area contributed by atoms with E-state index in [4.69, 9.17) is 14.4 Å². The quantitative estimate of drug-likeness (QED) is 0.151. The summed E-state index contributed by atoms with van der Waals surface area (Å²) in [5.74, 6) is 0.989. The molecule has 1 saturated carbocycles. The predicted molar refractivity (Wildman–Crippen MR) is 188 cm³/mol. The molecule has 226 valence electrons. The van der Waals surface area contributed by atoms with Crippen LogP contribution in [0.4, 0.5) is 0 Å². The van der Waals surface area contributed by atoms with Gasteiger partial charge in [0.1, 0.15) is 5.58 Å². The highest BCUT2D eigenvalue weighted by Crippen LogP contribution is 2.45. The van der Waals surface area contributed by atoms with Crippen LogP contribution in [0, 0.1) is 0 Å². The lowest BCUT2D eigenvalue weighted by atomic mass is 9.77. The molecule has 1 fully saturated rings. The zero-order chi connectivity index (χ0) is 30.9. The molecule has 5 aromatic rings. The molecule has 0 bridgehead atoms. The van der Waals surface area contributed by atoms with Gasteiger partial charge in [-0.25, -0.2) is 4.98 Å². The first-order valence-electron chi connectivity index (χ1n) is 16.7. The number of allylic oxidation sites excluding steroid dienone is 2. The average Bonchev–Trinajstić information content (AvgIpc) is 3.70. The second-order valence-electron chi connectivity index (χ2n) is 14.4. The number of nitrogens with zero attached hydrogens (tertiary/aromatic N) is 3. The van der Waals surface area contributed by atoms with Crippen molar-refractivity contribution in [3.8, 4) is 11.3 Å². The van der Waals surface area contributed by atoms with E-state index in [9.17, 15) is 0 Å². The molecule has 2 aliphatic heterocycles. The molecule has 0 radical (unpaired) electrons. The summed E-state index contributed by atoms with van der Waals surface area (Å²) in [4.78, 5) is 10.3. The van der Waals surface area contributed by atoms with E-state index in [1.807, 2.05) is 24.3 Å². The Morgan fingerprint density at radius 1 is 0.911 bits per heavy atom. The number of furan rings is 1. The predicted octanol–water partition coefficient (Wildman–Crippen LogP) is 9.30. The third-order valence-corrected chi connectivity index (χ3v) is 12.6. The number of hydrogen-bond acceptors (Lipinski definition) is 3. The molecule has 1 aliphatic carbocycles. The van der Waals surface area contributed by atoms with Crippen LogP contribution in [0.3, 0.4) is 0 Å². The fourth-order valence-electron chi connectivity index (χ4n) is 8.38. The van der Waals surface area contributed by atoms with Crippen molar-refractivity contribution < 1.29 is 8.98 Å². The molecule has 45 heavy (non-hydrogen) atoms. The summed E-state index contributed by atoms with van der Waals surface area (Å²) in [5, 5.41) is 3.71. The maximum Gasteiger partial charge on any atom is 0.227 e. The van der Waals surface area contributed by atoms with Crippen LogP contribution in [-0.4, -0.2) is 18.8 Å². The summed E-state index contributed by atoms with van der Waals surface area (Å²) in [6, 6.07) is 22.3. The van der Waals surface area contributed by atoms with Crippen LogP contribution in [-0.2, 0) is 6.42 Å². The minimum Gasteiger partial charge on any atom is -0.438 e. The molecule has 2 atom stereocenters. The SMILES string of the molecule is C=CC1=NC(=C)CC2C(CCc3nc4oc5ccccc5c4cc31)c1ccccc1-c1cc(C3CCCC3)c([Si](C)(C)C)c[n+]12. The van der Waals surface area contributed by atoms with Crippen LogP contribution in [0.1, 0.15) is 78.8 Å². The summed E-state index contributed by atoms with van der Waals surface area (Å²) in [6.45, 7) is 16.3. The van der Waals surface area contributed by atoms with E-state index in [1.54, 1.807) is 10.8 Å². The number of aryl methyl sites for hydroxylation is 1. The van der Waals surface area contributed by atoms with Crippen LogP contribution in [0.5, 0.6) is 0 Å². The second-order valence-corrected chi connectivity index (χ2v) is 19.4. The van der Waals surface area contributed by atoms with E-state index in [0.29, 0.717) is 17.5 Å². The van der Waals surface area contributed by atoms with Crippen LogP contribution < -0.4 is 9.75 Å². The number of rotatable bonds is 3. The minimum absolute atomic E-state index is 0.224. The number of pyridine rings is 2. The third-order valence-electron chi connectivity index (χ3n) is 10.5. The first-order valence-corrected chi connectivity index (χ1v) is 20.2. The normalized spacial score (nSPS) is 20.3. The van der Waals surface area contributed by atoms with E-state index < -0.39 is 8.07 Å². The summed E-state index contributed by atoms with van der Waals surface area (Å²) in [7, 11) is -1.62. The summed E-state index contributed by atoms with van der Waals surface area (Å²) in [6.07, 6.45) is 12.4. The van der Waals surface area contributed by atoms with Gasteiger partial charge in [-0.05, 0) is 67.0 Å². The molecule has 0 spiro atoms. The Bertz CT molecular complexity index is 2040. The van der Waals surface area contributed by atoms with E-state index >= 15 is 0 Å². The Hall–Kier alpha value is -4.09. The molecule has 5 heterocycles. The van der Waals surface area contributed by atoms with Crippen LogP contribution >= 0.6 is 0 Å². The van der Waals surface area contributed by atoms with Gasteiger partial charge in [-0.1, -0.05) is 82.0 Å². The van der Waals surface area contributed by atoms with Crippen molar-refractivity contribution in [2.24, 2.45) is 4.99 Å². The molecule has 3 aromatic heterocycles. The van der Waals surface area contributed by atoms with Crippen molar-refractivity contribution in [3.05, 3.63) is 114 Å². The fourth-order valence-corrected chi connectivity index (χ4v) is 10.1. The molecule has 0 N–H and O–H groups in total. The highest BCUT2D eigenvalue weighted by Gasteiger charge is 2.43. The monoisotopic (exact) mass is 608 g/mol. The van der Waals surface area contributed by atoms with E-state index in [-0.39, 0.29) is 6.04 Å². The summed E-state index contributed by atoms with van der Waals surface area (Å²) < 4.78 is 8.88. The fraction of sp³-hybridized carbons (Fsp3) is 0.325. The van der Waals surface area contributed by atoms with Gasteiger partial charge < -0.3 is 4.42 Å². The Kier molecular flexibility index (Phi) is 6.79. The molecule has 0 amide bonds. The second kappa shape index (κ2) is 10.8. The smallest absolute Gasteiger partial charge is 0.227 e. The lowest BCUT2D eigenvalue weighted by molar-refractivity contribution is -0.717. The zero-order valence-corrected chi connectivity index (χ0v) is 27.8. The number of aromatic nitrogens is 2.